The first-order chi connectivity index (χ1) is 11.1. The van der Waals surface area contributed by atoms with Crippen LogP contribution in [0.1, 0.15) is 25.6 Å². The fourth-order valence-electron chi connectivity index (χ4n) is 2.61. The minimum Gasteiger partial charge on any atom is -0.362 e. The highest BCUT2D eigenvalue weighted by molar-refractivity contribution is 7.93. The number of rotatable bonds is 2. The maximum atomic E-state index is 12.7. The second-order valence-corrected chi connectivity index (χ2v) is 10.5. The minimum absolute atomic E-state index is 0.0229. The van der Waals surface area contributed by atoms with E-state index in [0.717, 1.165) is 10.4 Å². The third-order valence-electron chi connectivity index (χ3n) is 4.29. The average Bonchev–Trinajstić information content (AvgIpc) is 2.89. The Hall–Kier alpha value is -1.51. The molecule has 1 atom stereocenters. The number of nitrogens with zero attached hydrogens (tertiary/aromatic N) is 2. The van der Waals surface area contributed by atoms with Crippen molar-refractivity contribution >= 4 is 38.6 Å². The summed E-state index contributed by atoms with van der Waals surface area (Å²) in [7, 11) is -3.50. The molecule has 1 aliphatic heterocycles. The van der Waals surface area contributed by atoms with Gasteiger partial charge in [0.05, 0.1) is 16.3 Å². The van der Waals surface area contributed by atoms with Crippen LogP contribution in [-0.2, 0) is 15.4 Å². The number of hydrogen-bond acceptors (Lipinski definition) is 6. The number of thiophene rings is 1. The Morgan fingerprint density at radius 1 is 1.29 bits per heavy atom. The van der Waals surface area contributed by atoms with Crippen LogP contribution >= 0.6 is 22.9 Å². The molecule has 0 spiro atoms. The third kappa shape index (κ3) is 2.62. The summed E-state index contributed by atoms with van der Waals surface area (Å²) < 4.78 is 24.1. The van der Waals surface area contributed by atoms with E-state index in [-0.39, 0.29) is 11.6 Å². The molecule has 0 aliphatic carbocycles. The van der Waals surface area contributed by atoms with Crippen LogP contribution in [0.25, 0.3) is 10.4 Å². The lowest BCUT2D eigenvalue weighted by Gasteiger charge is -2.42. The Labute approximate surface area is 149 Å². The van der Waals surface area contributed by atoms with E-state index in [1.54, 1.807) is 39.2 Å². The summed E-state index contributed by atoms with van der Waals surface area (Å²) in [6.45, 7) is 4.84. The largest absolute Gasteiger partial charge is 0.362 e. The summed E-state index contributed by atoms with van der Waals surface area (Å²) in [5, 5.41) is 11.7. The quantitative estimate of drug-likeness (QED) is 0.829. The maximum Gasteiger partial charge on any atom is 0.165 e. The van der Waals surface area contributed by atoms with Crippen molar-refractivity contribution in [3.8, 4) is 10.4 Å². The van der Waals surface area contributed by atoms with Gasteiger partial charge >= 0.3 is 0 Å². The van der Waals surface area contributed by atoms with Gasteiger partial charge in [-0.2, -0.15) is 0 Å². The first-order valence-corrected chi connectivity index (χ1v) is 10.1. The molecule has 0 amide bonds. The zero-order valence-corrected chi connectivity index (χ0v) is 15.8. The van der Waals surface area contributed by atoms with E-state index in [1.807, 2.05) is 0 Å². The molecule has 2 N–H and O–H groups in total. The van der Waals surface area contributed by atoms with E-state index >= 15 is 0 Å². The molecule has 6 nitrogen and oxygen atoms in total. The topological polar surface area (TPSA) is 95.8 Å². The third-order valence-corrected chi connectivity index (χ3v) is 8.87. The monoisotopic (exact) mass is 384 g/mol. The van der Waals surface area contributed by atoms with Crippen LogP contribution < -0.4 is 5.32 Å². The molecule has 0 radical (unpaired) electrons. The molecule has 24 heavy (non-hydrogen) atoms. The standard InChI is InChI=1S/C15H17ClN4O2S2/c1-14(2)13(17)20-15(3,7-24(14,21)22)12-10(16)4-11(23-12)9-5-18-8-19-6-9/h4-6,8H,7H2,1-3H3,(H2,17,20)/t15-/m0/s1. The number of hydrogen-bond donors (Lipinski definition) is 2. The molecule has 0 bridgehead atoms. The molecule has 2 aromatic heterocycles. The molecule has 9 heteroatoms. The lowest BCUT2D eigenvalue weighted by atomic mass is 10.00. The van der Waals surface area contributed by atoms with Crippen molar-refractivity contribution in [2.24, 2.45) is 0 Å². The normalized spacial score (nSPS) is 25.2. The zero-order chi connectivity index (χ0) is 17.8. The van der Waals surface area contributed by atoms with Crippen molar-refractivity contribution in [2.75, 3.05) is 5.75 Å². The van der Waals surface area contributed by atoms with E-state index in [9.17, 15) is 8.42 Å². The van der Waals surface area contributed by atoms with Gasteiger partial charge in [-0.05, 0) is 26.8 Å². The van der Waals surface area contributed by atoms with E-state index in [4.69, 9.17) is 17.0 Å². The lowest BCUT2D eigenvalue weighted by molar-refractivity contribution is 0.450. The number of nitrogens with one attached hydrogen (secondary N) is 2. The van der Waals surface area contributed by atoms with Crippen molar-refractivity contribution in [3.63, 3.8) is 0 Å². The molecule has 0 unspecified atom stereocenters. The molecular formula is C15H17ClN4O2S2. The van der Waals surface area contributed by atoms with Crippen LogP contribution in [0.3, 0.4) is 0 Å². The summed E-state index contributed by atoms with van der Waals surface area (Å²) in [4.78, 5) is 9.52. The molecule has 128 valence electrons. The van der Waals surface area contributed by atoms with Crippen molar-refractivity contribution in [2.45, 2.75) is 31.1 Å². The molecule has 1 fully saturated rings. The van der Waals surface area contributed by atoms with Gasteiger partial charge in [-0.25, -0.2) is 18.4 Å². The van der Waals surface area contributed by atoms with Crippen LogP contribution in [0, 0.1) is 5.41 Å². The molecule has 3 rings (SSSR count). The average molecular weight is 385 g/mol. The Balaban J connectivity index is 2.06. The van der Waals surface area contributed by atoms with Crippen LogP contribution in [0.2, 0.25) is 5.02 Å². The van der Waals surface area contributed by atoms with Gasteiger partial charge in [0.15, 0.2) is 9.84 Å². The summed E-state index contributed by atoms with van der Waals surface area (Å²) in [5.74, 6) is -0.148. The van der Waals surface area contributed by atoms with Gasteiger partial charge < -0.3 is 5.32 Å². The van der Waals surface area contributed by atoms with Crippen molar-refractivity contribution < 1.29 is 8.42 Å². The van der Waals surface area contributed by atoms with Gasteiger partial charge in [0, 0.05) is 27.7 Å². The predicted octanol–water partition coefficient (Wildman–Crippen LogP) is 2.85. The molecule has 0 saturated carbocycles. The van der Waals surface area contributed by atoms with Crippen LogP contribution in [0.4, 0.5) is 0 Å². The Morgan fingerprint density at radius 3 is 2.50 bits per heavy atom. The molecule has 1 aliphatic rings. The van der Waals surface area contributed by atoms with E-state index in [1.165, 1.54) is 17.7 Å². The Kier molecular flexibility index (Phi) is 3.97. The molecular weight excluding hydrogens is 368 g/mol. The first kappa shape index (κ1) is 17.3. The SMILES string of the molecule is CC1(C)C(=N)N[C@](C)(c2sc(-c3cncnc3)cc2Cl)CS1(=O)=O. The second-order valence-electron chi connectivity index (χ2n) is 6.52. The van der Waals surface area contributed by atoms with Crippen molar-refractivity contribution in [3.05, 3.63) is 34.7 Å². The zero-order valence-electron chi connectivity index (χ0n) is 13.4. The van der Waals surface area contributed by atoms with Gasteiger partial charge in [0.2, 0.25) is 0 Å². The maximum absolute atomic E-state index is 12.7. The van der Waals surface area contributed by atoms with Gasteiger partial charge in [-0.3, -0.25) is 5.41 Å². The Morgan fingerprint density at radius 2 is 1.92 bits per heavy atom. The van der Waals surface area contributed by atoms with Crippen molar-refractivity contribution in [1.29, 1.82) is 5.41 Å². The number of amidine groups is 1. The molecule has 2 aromatic rings. The highest BCUT2D eigenvalue weighted by Crippen LogP contribution is 2.43. The van der Waals surface area contributed by atoms with Gasteiger partial charge in [-0.1, -0.05) is 11.6 Å². The second kappa shape index (κ2) is 5.50. The predicted molar refractivity (Wildman–Crippen MR) is 96.4 cm³/mol. The number of aromatic nitrogens is 2. The van der Waals surface area contributed by atoms with E-state index in [0.29, 0.717) is 9.90 Å². The van der Waals surface area contributed by atoms with Gasteiger partial charge in [0.25, 0.3) is 0 Å². The lowest BCUT2D eigenvalue weighted by Crippen LogP contribution is -2.63. The summed E-state index contributed by atoms with van der Waals surface area (Å²) in [6.07, 6.45) is 4.80. The fourth-order valence-corrected chi connectivity index (χ4v) is 6.03. The van der Waals surface area contributed by atoms with Crippen LogP contribution in [0.15, 0.2) is 24.8 Å². The van der Waals surface area contributed by atoms with Crippen LogP contribution in [-0.4, -0.2) is 34.7 Å². The Bertz CT molecular complexity index is 909. The first-order valence-electron chi connectivity index (χ1n) is 7.21. The van der Waals surface area contributed by atoms with Crippen molar-refractivity contribution in [1.82, 2.24) is 15.3 Å². The number of sulfone groups is 1. The van der Waals surface area contributed by atoms with Gasteiger partial charge in [-0.15, -0.1) is 11.3 Å². The summed E-state index contributed by atoms with van der Waals surface area (Å²) in [6, 6.07) is 1.78. The fraction of sp³-hybridized carbons (Fsp3) is 0.400. The van der Waals surface area contributed by atoms with Gasteiger partial charge in [0.1, 0.15) is 16.9 Å². The smallest absolute Gasteiger partial charge is 0.165 e. The highest BCUT2D eigenvalue weighted by atomic mass is 35.5. The van der Waals surface area contributed by atoms with Crippen LogP contribution in [0.5, 0.6) is 0 Å². The van der Waals surface area contributed by atoms with E-state index in [2.05, 4.69) is 15.3 Å². The van der Waals surface area contributed by atoms with E-state index < -0.39 is 20.1 Å². The molecule has 1 saturated heterocycles. The highest BCUT2D eigenvalue weighted by Gasteiger charge is 2.51. The molecule has 3 heterocycles. The summed E-state index contributed by atoms with van der Waals surface area (Å²) in [5.41, 5.74) is -0.130. The number of halogens is 1. The molecule has 0 aromatic carbocycles. The minimum atomic E-state index is -3.50. The summed E-state index contributed by atoms with van der Waals surface area (Å²) >= 11 is 7.78.